The van der Waals surface area contributed by atoms with Crippen molar-refractivity contribution >= 4 is 29.0 Å². The molecule has 1 saturated heterocycles. The minimum atomic E-state index is -0.406. The lowest BCUT2D eigenvalue weighted by Crippen LogP contribution is -2.53. The monoisotopic (exact) mass is 333 g/mol. The summed E-state index contributed by atoms with van der Waals surface area (Å²) in [5.74, 6) is -0.653. The van der Waals surface area contributed by atoms with Crippen LogP contribution in [0.25, 0.3) is 0 Å². The second kappa shape index (κ2) is 6.78. The van der Waals surface area contributed by atoms with Gasteiger partial charge in [0.1, 0.15) is 5.82 Å². The Bertz CT molecular complexity index is 697. The Morgan fingerprint density at radius 2 is 1.78 bits per heavy atom. The van der Waals surface area contributed by atoms with E-state index in [-0.39, 0.29) is 11.7 Å². The maximum absolute atomic E-state index is 13.8. The summed E-state index contributed by atoms with van der Waals surface area (Å²) in [5, 5.41) is 4.17. The number of halogens is 1. The van der Waals surface area contributed by atoms with Gasteiger partial charge in [0.05, 0.1) is 10.6 Å². The fourth-order valence-electron chi connectivity index (χ4n) is 2.50. The van der Waals surface area contributed by atoms with Crippen LogP contribution in [0.1, 0.15) is 9.67 Å². The number of hydrogen-bond acceptors (Lipinski definition) is 4. The van der Waals surface area contributed by atoms with E-state index in [1.54, 1.807) is 40.6 Å². The molecule has 1 aromatic heterocycles. The maximum Gasteiger partial charge on any atom is 0.324 e. The van der Waals surface area contributed by atoms with Gasteiger partial charge >= 0.3 is 6.03 Å². The third-order valence-corrected chi connectivity index (χ3v) is 4.59. The Kier molecular flexibility index (Phi) is 4.57. The zero-order chi connectivity index (χ0) is 16.2. The summed E-state index contributed by atoms with van der Waals surface area (Å²) in [5.41, 5.74) is 0.544. The first-order valence-corrected chi connectivity index (χ1v) is 8.16. The molecule has 2 heterocycles. The first-order valence-electron chi connectivity index (χ1n) is 7.28. The number of rotatable bonds is 2. The molecule has 7 heteroatoms. The quantitative estimate of drug-likeness (QED) is 0.919. The molecule has 0 radical (unpaired) electrons. The maximum atomic E-state index is 13.8. The Morgan fingerprint density at radius 1 is 1.04 bits per heavy atom. The number of nitrogens with zero attached hydrogens (tertiary/aromatic N) is 2. The molecule has 1 aliphatic heterocycles. The SMILES string of the molecule is O=C(NC(=O)N1CCN(c2ccccc2F)CC1)c1cccs1. The summed E-state index contributed by atoms with van der Waals surface area (Å²) in [6, 6.07) is 9.62. The van der Waals surface area contributed by atoms with Crippen molar-refractivity contribution in [2.24, 2.45) is 0 Å². The number of thiophene rings is 1. The summed E-state index contributed by atoms with van der Waals surface area (Å²) in [7, 11) is 0. The average molecular weight is 333 g/mol. The number of urea groups is 1. The zero-order valence-electron chi connectivity index (χ0n) is 12.4. The molecule has 3 amide bonds. The zero-order valence-corrected chi connectivity index (χ0v) is 13.2. The van der Waals surface area contributed by atoms with Crippen molar-refractivity contribution in [3.63, 3.8) is 0 Å². The Labute approximate surface area is 137 Å². The number of piperazine rings is 1. The molecule has 1 aliphatic rings. The van der Waals surface area contributed by atoms with Crippen LogP contribution in [0, 0.1) is 5.82 Å². The number of benzene rings is 1. The lowest BCUT2D eigenvalue weighted by atomic mass is 10.2. The molecular formula is C16H16FN3O2S. The van der Waals surface area contributed by atoms with E-state index in [1.165, 1.54) is 17.4 Å². The molecule has 120 valence electrons. The van der Waals surface area contributed by atoms with E-state index in [4.69, 9.17) is 0 Å². The molecule has 0 atom stereocenters. The summed E-state index contributed by atoms with van der Waals surface area (Å²) in [4.78, 5) is 28.0. The molecule has 0 spiro atoms. The number of hydrogen-bond donors (Lipinski definition) is 1. The highest BCUT2D eigenvalue weighted by molar-refractivity contribution is 7.12. The van der Waals surface area contributed by atoms with E-state index in [0.717, 1.165) is 0 Å². The van der Waals surface area contributed by atoms with E-state index in [2.05, 4.69) is 5.32 Å². The van der Waals surface area contributed by atoms with Gasteiger partial charge in [-0.05, 0) is 23.6 Å². The third kappa shape index (κ3) is 3.50. The number of imide groups is 1. The number of carbonyl (C=O) groups excluding carboxylic acids is 2. The van der Waals surface area contributed by atoms with Crippen molar-refractivity contribution in [3.05, 3.63) is 52.5 Å². The summed E-state index contributed by atoms with van der Waals surface area (Å²) in [6.07, 6.45) is 0. The molecule has 0 aliphatic carbocycles. The first kappa shape index (κ1) is 15.5. The molecule has 0 saturated carbocycles. The minimum absolute atomic E-state index is 0.265. The van der Waals surface area contributed by atoms with Crippen molar-refractivity contribution in [2.75, 3.05) is 31.1 Å². The number of amides is 3. The molecular weight excluding hydrogens is 317 g/mol. The van der Waals surface area contributed by atoms with Crippen LogP contribution < -0.4 is 10.2 Å². The van der Waals surface area contributed by atoms with Gasteiger partial charge in [-0.3, -0.25) is 10.1 Å². The van der Waals surface area contributed by atoms with Crippen molar-refractivity contribution in [2.45, 2.75) is 0 Å². The highest BCUT2D eigenvalue weighted by Crippen LogP contribution is 2.20. The van der Waals surface area contributed by atoms with Crippen molar-refractivity contribution < 1.29 is 14.0 Å². The van der Waals surface area contributed by atoms with Crippen molar-refractivity contribution in [1.82, 2.24) is 10.2 Å². The van der Waals surface area contributed by atoms with Crippen LogP contribution in [0.5, 0.6) is 0 Å². The third-order valence-electron chi connectivity index (χ3n) is 3.73. The van der Waals surface area contributed by atoms with E-state index in [1.807, 2.05) is 4.90 Å². The van der Waals surface area contributed by atoms with Crippen LogP contribution in [0.4, 0.5) is 14.9 Å². The Morgan fingerprint density at radius 3 is 2.43 bits per heavy atom. The molecule has 5 nitrogen and oxygen atoms in total. The highest BCUT2D eigenvalue weighted by atomic mass is 32.1. The lowest BCUT2D eigenvalue weighted by Gasteiger charge is -2.35. The number of nitrogens with one attached hydrogen (secondary N) is 1. The topological polar surface area (TPSA) is 52.7 Å². The van der Waals surface area contributed by atoms with Gasteiger partial charge in [-0.25, -0.2) is 9.18 Å². The van der Waals surface area contributed by atoms with Crippen LogP contribution in [0.15, 0.2) is 41.8 Å². The van der Waals surface area contributed by atoms with Gasteiger partial charge in [0.2, 0.25) is 0 Å². The second-order valence-corrected chi connectivity index (χ2v) is 6.11. The van der Waals surface area contributed by atoms with E-state index < -0.39 is 6.03 Å². The molecule has 1 aromatic carbocycles. The van der Waals surface area contributed by atoms with Gasteiger partial charge in [0.15, 0.2) is 0 Å². The van der Waals surface area contributed by atoms with Gasteiger partial charge < -0.3 is 9.80 Å². The molecule has 3 rings (SSSR count). The smallest absolute Gasteiger partial charge is 0.324 e. The van der Waals surface area contributed by atoms with Crippen LogP contribution >= 0.6 is 11.3 Å². The number of anilines is 1. The van der Waals surface area contributed by atoms with Gasteiger partial charge in [-0.15, -0.1) is 11.3 Å². The summed E-state index contributed by atoms with van der Waals surface area (Å²) in [6.45, 7) is 1.94. The lowest BCUT2D eigenvalue weighted by molar-refractivity contribution is 0.0955. The Balaban J connectivity index is 1.55. The van der Waals surface area contributed by atoms with Gasteiger partial charge in [-0.2, -0.15) is 0 Å². The second-order valence-electron chi connectivity index (χ2n) is 5.16. The fourth-order valence-corrected chi connectivity index (χ4v) is 3.12. The average Bonchev–Trinajstić information content (AvgIpc) is 3.10. The van der Waals surface area contributed by atoms with E-state index in [9.17, 15) is 14.0 Å². The number of para-hydroxylation sites is 1. The molecule has 0 unspecified atom stereocenters. The van der Waals surface area contributed by atoms with Crippen LogP contribution in [0.3, 0.4) is 0 Å². The Hall–Kier alpha value is -2.41. The normalized spacial score (nSPS) is 14.7. The first-order chi connectivity index (χ1) is 11.1. The van der Waals surface area contributed by atoms with E-state index >= 15 is 0 Å². The van der Waals surface area contributed by atoms with Crippen LogP contribution in [-0.4, -0.2) is 43.0 Å². The summed E-state index contributed by atoms with van der Waals surface area (Å²) < 4.78 is 13.8. The van der Waals surface area contributed by atoms with Gasteiger partial charge in [0.25, 0.3) is 5.91 Å². The van der Waals surface area contributed by atoms with Crippen molar-refractivity contribution in [1.29, 1.82) is 0 Å². The predicted molar refractivity (Wildman–Crippen MR) is 87.4 cm³/mol. The van der Waals surface area contributed by atoms with Gasteiger partial charge in [0, 0.05) is 26.2 Å². The highest BCUT2D eigenvalue weighted by Gasteiger charge is 2.24. The van der Waals surface area contributed by atoms with Crippen molar-refractivity contribution in [3.8, 4) is 0 Å². The van der Waals surface area contributed by atoms with Crippen LogP contribution in [-0.2, 0) is 0 Å². The standard InChI is InChI=1S/C16H16FN3O2S/c17-12-4-1-2-5-13(12)19-7-9-20(10-8-19)16(22)18-15(21)14-6-3-11-23-14/h1-6,11H,7-10H2,(H,18,21,22). The molecule has 2 aromatic rings. The van der Waals surface area contributed by atoms with Gasteiger partial charge in [-0.1, -0.05) is 18.2 Å². The molecule has 23 heavy (non-hydrogen) atoms. The minimum Gasteiger partial charge on any atom is -0.366 e. The number of carbonyl (C=O) groups is 2. The summed E-state index contributed by atoms with van der Waals surface area (Å²) >= 11 is 1.29. The van der Waals surface area contributed by atoms with E-state index in [0.29, 0.717) is 36.7 Å². The molecule has 1 fully saturated rings. The predicted octanol–water partition coefficient (Wildman–Crippen LogP) is 2.56. The molecule has 0 bridgehead atoms. The molecule has 1 N–H and O–H groups in total. The largest absolute Gasteiger partial charge is 0.366 e. The van der Waals surface area contributed by atoms with Crippen LogP contribution in [0.2, 0.25) is 0 Å². The fraction of sp³-hybridized carbons (Fsp3) is 0.250.